The van der Waals surface area contributed by atoms with E-state index in [2.05, 4.69) is 11.5 Å². The highest BCUT2D eigenvalue weighted by Gasteiger charge is 2.27. The number of benzene rings is 2. The maximum absolute atomic E-state index is 13.2. The highest BCUT2D eigenvalue weighted by molar-refractivity contribution is 5.99. The van der Waals surface area contributed by atoms with Gasteiger partial charge in [0.25, 0.3) is 11.8 Å². The van der Waals surface area contributed by atoms with E-state index >= 15 is 0 Å². The van der Waals surface area contributed by atoms with E-state index in [0.29, 0.717) is 37.4 Å². The Morgan fingerprint density at radius 3 is 2.14 bits per heavy atom. The van der Waals surface area contributed by atoms with Crippen molar-refractivity contribution in [2.45, 2.75) is 13.5 Å². The Morgan fingerprint density at radius 1 is 0.897 bits per heavy atom. The molecule has 2 aromatic carbocycles. The molecule has 0 radical (unpaired) electrons. The first kappa shape index (κ1) is 19.1. The zero-order valence-corrected chi connectivity index (χ0v) is 16.8. The summed E-state index contributed by atoms with van der Waals surface area (Å²) in [6, 6.07) is 17.2. The van der Waals surface area contributed by atoms with Crippen LogP contribution >= 0.6 is 0 Å². The van der Waals surface area contributed by atoms with Crippen molar-refractivity contribution in [1.82, 2.24) is 14.4 Å². The smallest absolute Gasteiger partial charge is 0.270 e. The normalized spacial score (nSPS) is 14.3. The molecule has 2 amide bonds. The van der Waals surface area contributed by atoms with Crippen molar-refractivity contribution in [2.75, 3.05) is 33.3 Å². The van der Waals surface area contributed by atoms with Gasteiger partial charge in [-0.25, -0.2) is 0 Å². The van der Waals surface area contributed by atoms with E-state index in [9.17, 15) is 9.59 Å². The molecular formula is C23H25N3O3. The standard InChI is InChI=1S/C23H25N3O3/c1-3-26-20-7-5-4-6-18(20)16-21(26)23(28)25-14-12-24(13-15-25)22(27)17-8-10-19(29-2)11-9-17/h4-11,16H,3,12-15H2,1-2H3. The first-order chi connectivity index (χ1) is 14.1. The summed E-state index contributed by atoms with van der Waals surface area (Å²) < 4.78 is 7.21. The van der Waals surface area contributed by atoms with Gasteiger partial charge in [-0.3, -0.25) is 9.59 Å². The van der Waals surface area contributed by atoms with Crippen molar-refractivity contribution >= 4 is 22.7 Å². The highest BCUT2D eigenvalue weighted by atomic mass is 16.5. The van der Waals surface area contributed by atoms with Crippen LogP contribution in [0, 0.1) is 0 Å². The molecule has 1 saturated heterocycles. The zero-order chi connectivity index (χ0) is 20.4. The molecule has 150 valence electrons. The Balaban J connectivity index is 1.45. The Morgan fingerprint density at radius 2 is 1.52 bits per heavy atom. The van der Waals surface area contributed by atoms with Crippen molar-refractivity contribution in [1.29, 1.82) is 0 Å². The van der Waals surface area contributed by atoms with Crippen LogP contribution in [0.25, 0.3) is 10.9 Å². The monoisotopic (exact) mass is 391 g/mol. The lowest BCUT2D eigenvalue weighted by Gasteiger charge is -2.35. The number of hydrogen-bond acceptors (Lipinski definition) is 3. The van der Waals surface area contributed by atoms with Gasteiger partial charge in [0.05, 0.1) is 7.11 Å². The molecule has 3 aromatic rings. The molecule has 1 aliphatic heterocycles. The average molecular weight is 391 g/mol. The Bertz CT molecular complexity index is 1030. The van der Waals surface area contributed by atoms with Crippen LogP contribution in [0.4, 0.5) is 0 Å². The molecule has 1 aliphatic rings. The van der Waals surface area contributed by atoms with Gasteiger partial charge < -0.3 is 19.1 Å². The lowest BCUT2D eigenvalue weighted by Crippen LogP contribution is -2.50. The van der Waals surface area contributed by atoms with Crippen molar-refractivity contribution < 1.29 is 14.3 Å². The van der Waals surface area contributed by atoms with Crippen LogP contribution in [-0.2, 0) is 6.54 Å². The second-order valence-electron chi connectivity index (χ2n) is 7.15. The molecule has 0 atom stereocenters. The molecule has 1 aromatic heterocycles. The van der Waals surface area contributed by atoms with Crippen LogP contribution in [-0.4, -0.2) is 59.5 Å². The molecule has 4 rings (SSSR count). The number of carbonyl (C=O) groups is 2. The average Bonchev–Trinajstić information content (AvgIpc) is 3.17. The van der Waals surface area contributed by atoms with Crippen molar-refractivity contribution in [3.63, 3.8) is 0 Å². The molecule has 0 unspecified atom stereocenters. The summed E-state index contributed by atoms with van der Waals surface area (Å²) >= 11 is 0. The summed E-state index contributed by atoms with van der Waals surface area (Å²) in [6.45, 7) is 4.92. The van der Waals surface area contributed by atoms with Crippen molar-refractivity contribution in [3.8, 4) is 5.75 Å². The summed E-state index contributed by atoms with van der Waals surface area (Å²) in [4.78, 5) is 29.5. The lowest BCUT2D eigenvalue weighted by atomic mass is 10.1. The van der Waals surface area contributed by atoms with Crippen molar-refractivity contribution in [2.24, 2.45) is 0 Å². The molecule has 6 nitrogen and oxygen atoms in total. The fraction of sp³-hybridized carbons (Fsp3) is 0.304. The van der Waals surface area contributed by atoms with Gasteiger partial charge in [-0.2, -0.15) is 0 Å². The number of ether oxygens (including phenoxy) is 1. The van der Waals surface area contributed by atoms with Crippen LogP contribution < -0.4 is 4.74 Å². The number of piperazine rings is 1. The number of para-hydroxylation sites is 1. The van der Waals surface area contributed by atoms with Gasteiger partial charge in [0.2, 0.25) is 0 Å². The van der Waals surface area contributed by atoms with Crippen LogP contribution in [0.2, 0.25) is 0 Å². The first-order valence-electron chi connectivity index (χ1n) is 9.93. The maximum atomic E-state index is 13.2. The molecule has 0 spiro atoms. The number of aryl methyl sites for hydroxylation is 1. The fourth-order valence-corrected chi connectivity index (χ4v) is 3.92. The second-order valence-corrected chi connectivity index (χ2v) is 7.15. The topological polar surface area (TPSA) is 54.8 Å². The maximum Gasteiger partial charge on any atom is 0.270 e. The van der Waals surface area contributed by atoms with Gasteiger partial charge in [-0.15, -0.1) is 0 Å². The van der Waals surface area contributed by atoms with Crippen LogP contribution in [0.1, 0.15) is 27.8 Å². The Labute approximate surface area is 170 Å². The summed E-state index contributed by atoms with van der Waals surface area (Å²) in [6.07, 6.45) is 0. The van der Waals surface area contributed by atoms with E-state index in [4.69, 9.17) is 4.74 Å². The number of aromatic nitrogens is 1. The van der Waals surface area contributed by atoms with E-state index in [1.54, 1.807) is 36.3 Å². The fourth-order valence-electron chi connectivity index (χ4n) is 3.92. The van der Waals surface area contributed by atoms with Gasteiger partial charge in [0.15, 0.2) is 0 Å². The van der Waals surface area contributed by atoms with Crippen molar-refractivity contribution in [3.05, 3.63) is 65.9 Å². The second kappa shape index (κ2) is 7.99. The molecule has 1 fully saturated rings. The largest absolute Gasteiger partial charge is 0.497 e. The molecule has 0 N–H and O–H groups in total. The highest BCUT2D eigenvalue weighted by Crippen LogP contribution is 2.22. The van der Waals surface area contributed by atoms with Crippen LogP contribution in [0.5, 0.6) is 5.75 Å². The number of methoxy groups -OCH3 is 1. The molecule has 29 heavy (non-hydrogen) atoms. The number of carbonyl (C=O) groups excluding carboxylic acids is 2. The minimum absolute atomic E-state index is 0.0116. The molecular weight excluding hydrogens is 366 g/mol. The predicted octanol–water partition coefficient (Wildman–Crippen LogP) is 3.27. The summed E-state index contributed by atoms with van der Waals surface area (Å²) in [5.41, 5.74) is 2.42. The van der Waals surface area contributed by atoms with E-state index in [-0.39, 0.29) is 11.8 Å². The van der Waals surface area contributed by atoms with Gasteiger partial charge in [-0.1, -0.05) is 18.2 Å². The quantitative estimate of drug-likeness (QED) is 0.686. The minimum Gasteiger partial charge on any atom is -0.497 e. The summed E-state index contributed by atoms with van der Waals surface area (Å²) in [5, 5.41) is 1.08. The Hall–Kier alpha value is -3.28. The summed E-state index contributed by atoms with van der Waals surface area (Å²) in [7, 11) is 1.60. The van der Waals surface area contributed by atoms with E-state index in [1.165, 1.54) is 0 Å². The molecule has 0 saturated carbocycles. The van der Waals surface area contributed by atoms with Gasteiger partial charge >= 0.3 is 0 Å². The Kier molecular flexibility index (Phi) is 5.25. The number of rotatable bonds is 4. The molecule has 2 heterocycles. The molecule has 6 heteroatoms. The third-order valence-corrected chi connectivity index (χ3v) is 5.54. The van der Waals surface area contributed by atoms with E-state index in [0.717, 1.165) is 23.2 Å². The molecule has 0 bridgehead atoms. The third kappa shape index (κ3) is 3.58. The van der Waals surface area contributed by atoms with Crippen LogP contribution in [0.3, 0.4) is 0 Å². The van der Waals surface area contributed by atoms with E-state index < -0.39 is 0 Å². The van der Waals surface area contributed by atoms with Gasteiger partial charge in [0.1, 0.15) is 11.4 Å². The van der Waals surface area contributed by atoms with Gasteiger partial charge in [-0.05, 0) is 43.3 Å². The number of amides is 2. The predicted molar refractivity (Wildman–Crippen MR) is 112 cm³/mol. The summed E-state index contributed by atoms with van der Waals surface area (Å²) in [5.74, 6) is 0.741. The third-order valence-electron chi connectivity index (χ3n) is 5.54. The SMILES string of the molecule is CCn1c(C(=O)N2CCN(C(=O)c3ccc(OC)cc3)CC2)cc2ccccc21. The van der Waals surface area contributed by atoms with Gasteiger partial charge in [0, 0.05) is 49.2 Å². The number of fused-ring (bicyclic) bond motifs is 1. The minimum atomic E-state index is -0.0116. The molecule has 0 aliphatic carbocycles. The number of nitrogens with zero attached hydrogens (tertiary/aromatic N) is 3. The number of hydrogen-bond donors (Lipinski definition) is 0. The first-order valence-corrected chi connectivity index (χ1v) is 9.93. The lowest BCUT2D eigenvalue weighted by molar-refractivity contribution is 0.0530. The van der Waals surface area contributed by atoms with Crippen LogP contribution in [0.15, 0.2) is 54.6 Å². The van der Waals surface area contributed by atoms with E-state index in [1.807, 2.05) is 35.2 Å². The zero-order valence-electron chi connectivity index (χ0n) is 16.8.